The number of allylic oxidation sites excluding steroid dienone is 2. The van der Waals surface area contributed by atoms with E-state index in [-0.39, 0.29) is 29.9 Å². The molecule has 0 amide bonds. The number of nitrogens with zero attached hydrogens (tertiary/aromatic N) is 3. The van der Waals surface area contributed by atoms with Crippen LogP contribution in [-0.4, -0.2) is 61.1 Å². The molecule has 1 N–H and O–H groups in total. The van der Waals surface area contributed by atoms with Crippen LogP contribution >= 0.6 is 11.3 Å². The molecule has 2 aromatic rings. The number of piperazine rings is 1. The lowest BCUT2D eigenvalue weighted by Crippen LogP contribution is -3.00. The van der Waals surface area contributed by atoms with E-state index in [4.69, 9.17) is 9.73 Å². The molecule has 2 aliphatic heterocycles. The first-order valence-electron chi connectivity index (χ1n) is 16.9. The van der Waals surface area contributed by atoms with E-state index in [0.29, 0.717) is 13.2 Å². The zero-order chi connectivity index (χ0) is 30.3. The molecule has 0 atom stereocenters. The maximum absolute atomic E-state index is 12.5. The number of nitrogens with one attached hydrogen (secondary N) is 1. The van der Waals surface area contributed by atoms with Gasteiger partial charge in [-0.05, 0) is 57.2 Å². The minimum atomic E-state index is -0.0476. The summed E-state index contributed by atoms with van der Waals surface area (Å²) in [6, 6.07) is 10.5. The fraction of sp³-hybridized carbons (Fsp3) is 0.611. The van der Waals surface area contributed by atoms with E-state index in [2.05, 4.69) is 67.5 Å². The fourth-order valence-corrected chi connectivity index (χ4v) is 6.84. The highest BCUT2D eigenvalue weighted by molar-refractivity contribution is 7.16. The van der Waals surface area contributed by atoms with Gasteiger partial charge in [0.2, 0.25) is 6.73 Å². The second-order valence-electron chi connectivity index (χ2n) is 12.7. The molecule has 0 spiro atoms. The number of quaternary nitrogens is 1. The molecule has 1 fully saturated rings. The summed E-state index contributed by atoms with van der Waals surface area (Å²) in [6.07, 6.45) is 21.7. The Labute approximate surface area is 288 Å². The molecule has 3 heterocycles. The van der Waals surface area contributed by atoms with Gasteiger partial charge in [0.15, 0.2) is 0 Å². The number of para-hydroxylation sites is 2. The zero-order valence-corrected chi connectivity index (χ0v) is 30.4. The Bertz CT molecular complexity index is 1200. The van der Waals surface area contributed by atoms with Crippen molar-refractivity contribution in [3.8, 4) is 0 Å². The first-order valence-corrected chi connectivity index (χ1v) is 17.7. The monoisotopic (exact) mass is 734 g/mol. The first kappa shape index (κ1) is 36.6. The summed E-state index contributed by atoms with van der Waals surface area (Å²) in [7, 11) is 2.21. The molecule has 2 aliphatic rings. The second kappa shape index (κ2) is 19.6. The smallest absolute Gasteiger partial charge is 0.310 e. The van der Waals surface area contributed by atoms with Crippen molar-refractivity contribution in [1.29, 1.82) is 0 Å². The number of rotatable bonds is 17. The normalized spacial score (nSPS) is 15.5. The van der Waals surface area contributed by atoms with Gasteiger partial charge in [0.25, 0.3) is 0 Å². The molecule has 1 saturated heterocycles. The molecule has 1 aromatic heterocycles. The number of hydrogen-bond acceptors (Lipinski definition) is 6. The lowest BCUT2D eigenvalue weighted by atomic mass is 10.1. The quantitative estimate of drug-likeness (QED) is 0.0664. The highest BCUT2D eigenvalue weighted by atomic mass is 127. The van der Waals surface area contributed by atoms with Crippen LogP contribution in [0.4, 0.5) is 16.4 Å². The summed E-state index contributed by atoms with van der Waals surface area (Å²) in [5.74, 6) is 0.998. The number of carbonyl (C=O) groups excluding carboxylic acids is 1. The van der Waals surface area contributed by atoms with Gasteiger partial charge in [0, 0.05) is 11.3 Å². The number of carbonyl (C=O) groups is 1. The SMILES string of the molecule is CCCCCCCCC=CCCCCCCCC(=O)OC[N+]1(C)CCN(C2=Nc3ccccc3Nc3sc(C)cc32)CC1.[I-]. The van der Waals surface area contributed by atoms with Gasteiger partial charge in [-0.1, -0.05) is 82.6 Å². The molecule has 0 bridgehead atoms. The third-order valence-electron chi connectivity index (χ3n) is 8.77. The summed E-state index contributed by atoms with van der Waals surface area (Å²) < 4.78 is 6.53. The van der Waals surface area contributed by atoms with Gasteiger partial charge in [-0.15, -0.1) is 11.3 Å². The van der Waals surface area contributed by atoms with Gasteiger partial charge in [0.05, 0.1) is 50.2 Å². The van der Waals surface area contributed by atoms with Crippen molar-refractivity contribution in [2.75, 3.05) is 45.3 Å². The van der Waals surface area contributed by atoms with Gasteiger partial charge in [0.1, 0.15) is 10.8 Å². The zero-order valence-electron chi connectivity index (χ0n) is 27.4. The molecule has 1 aromatic carbocycles. The van der Waals surface area contributed by atoms with Crippen LogP contribution in [0.1, 0.15) is 107 Å². The van der Waals surface area contributed by atoms with Crippen molar-refractivity contribution in [2.24, 2.45) is 4.99 Å². The average Bonchev–Trinajstić information content (AvgIpc) is 3.30. The number of hydrogen-bond donors (Lipinski definition) is 1. The number of benzene rings is 1. The predicted molar refractivity (Wildman–Crippen MR) is 183 cm³/mol. The minimum absolute atomic E-state index is 0. The molecule has 0 aliphatic carbocycles. The fourth-order valence-electron chi connectivity index (χ4n) is 5.92. The van der Waals surface area contributed by atoms with Gasteiger partial charge in [-0.2, -0.15) is 0 Å². The molecule has 0 radical (unpaired) electrons. The number of ether oxygens (including phenoxy) is 1. The van der Waals surface area contributed by atoms with E-state index in [9.17, 15) is 4.79 Å². The first-order chi connectivity index (χ1) is 21.0. The summed E-state index contributed by atoms with van der Waals surface area (Å²) in [4.78, 5) is 21.3. The van der Waals surface area contributed by atoms with E-state index < -0.39 is 0 Å². The number of unbranched alkanes of at least 4 members (excludes halogenated alkanes) is 11. The van der Waals surface area contributed by atoms with Crippen molar-refractivity contribution in [3.63, 3.8) is 0 Å². The topological polar surface area (TPSA) is 53.9 Å². The van der Waals surface area contributed by atoms with Crippen LogP contribution in [0.5, 0.6) is 0 Å². The van der Waals surface area contributed by atoms with Crippen molar-refractivity contribution < 1.29 is 38.0 Å². The van der Waals surface area contributed by atoms with Gasteiger partial charge >= 0.3 is 5.97 Å². The lowest BCUT2D eigenvalue weighted by molar-refractivity contribution is -0.929. The molecular formula is C36H55IN4O2S. The number of aliphatic imine (C=N–C) groups is 1. The summed E-state index contributed by atoms with van der Waals surface area (Å²) in [5.41, 5.74) is 3.21. The van der Waals surface area contributed by atoms with E-state index in [0.717, 1.165) is 65.7 Å². The number of esters is 1. The number of thiophene rings is 1. The molecular weight excluding hydrogens is 679 g/mol. The third kappa shape index (κ3) is 11.8. The number of halogens is 1. The minimum Gasteiger partial charge on any atom is -1.00 e. The molecule has 4 rings (SSSR count). The summed E-state index contributed by atoms with van der Waals surface area (Å²) >= 11 is 1.78. The average molecular weight is 735 g/mol. The Hall–Kier alpha value is -1.91. The Morgan fingerprint density at radius 2 is 1.61 bits per heavy atom. The highest BCUT2D eigenvalue weighted by Crippen LogP contribution is 2.39. The number of likely N-dealkylation sites (N-methyl/N-ethyl adjacent to an activating group) is 1. The predicted octanol–water partition coefficient (Wildman–Crippen LogP) is 6.50. The number of fused-ring (bicyclic) bond motifs is 2. The van der Waals surface area contributed by atoms with Crippen LogP contribution in [0, 0.1) is 6.92 Å². The molecule has 0 unspecified atom stereocenters. The largest absolute Gasteiger partial charge is 1.00 e. The highest BCUT2D eigenvalue weighted by Gasteiger charge is 2.33. The molecule has 0 saturated carbocycles. The molecule has 44 heavy (non-hydrogen) atoms. The van der Waals surface area contributed by atoms with Crippen LogP contribution < -0.4 is 29.3 Å². The van der Waals surface area contributed by atoms with E-state index in [1.807, 2.05) is 6.07 Å². The van der Waals surface area contributed by atoms with Crippen molar-refractivity contribution in [3.05, 3.63) is 52.9 Å². The molecule has 244 valence electrons. The van der Waals surface area contributed by atoms with Crippen molar-refractivity contribution >= 4 is 39.5 Å². The van der Waals surface area contributed by atoms with E-state index in [1.54, 1.807) is 11.3 Å². The number of anilines is 2. The standard InChI is InChI=1S/C36H55N4O2S.HI/c1-4-5-6-7-8-9-10-11-12-13-14-15-16-17-18-23-34(41)42-29-40(3)26-24-39(25-27-40)35-31-28-30(2)43-36(31)38-33-22-20-19-21-32(33)37-35;/h11-12,19-22,28,38H,4-10,13-18,23-27,29H2,1-3H3;1H/q+1;/p-1. The van der Waals surface area contributed by atoms with Crippen LogP contribution in [0.25, 0.3) is 0 Å². The van der Waals surface area contributed by atoms with Crippen LogP contribution in [0.15, 0.2) is 47.5 Å². The second-order valence-corrected chi connectivity index (χ2v) is 14.0. The third-order valence-corrected chi connectivity index (χ3v) is 9.74. The Morgan fingerprint density at radius 3 is 2.32 bits per heavy atom. The molecule has 6 nitrogen and oxygen atoms in total. The Morgan fingerprint density at radius 1 is 0.977 bits per heavy atom. The Kier molecular flexibility index (Phi) is 16.3. The van der Waals surface area contributed by atoms with Crippen LogP contribution in [0.2, 0.25) is 0 Å². The van der Waals surface area contributed by atoms with Gasteiger partial charge < -0.3 is 38.9 Å². The van der Waals surface area contributed by atoms with Gasteiger partial charge in [-0.3, -0.25) is 9.28 Å². The number of amidine groups is 1. The Balaban J connectivity index is 0.00000529. The summed E-state index contributed by atoms with van der Waals surface area (Å²) in [5, 5.41) is 4.76. The maximum Gasteiger partial charge on any atom is 0.310 e. The van der Waals surface area contributed by atoms with E-state index >= 15 is 0 Å². The maximum atomic E-state index is 12.5. The lowest BCUT2D eigenvalue weighted by Gasteiger charge is -2.42. The van der Waals surface area contributed by atoms with Crippen LogP contribution in [0.3, 0.4) is 0 Å². The summed E-state index contributed by atoms with van der Waals surface area (Å²) in [6.45, 7) is 8.50. The number of aryl methyl sites for hydroxylation is 1. The van der Waals surface area contributed by atoms with Crippen molar-refractivity contribution in [1.82, 2.24) is 4.90 Å². The van der Waals surface area contributed by atoms with Crippen molar-refractivity contribution in [2.45, 2.75) is 104 Å². The van der Waals surface area contributed by atoms with Crippen LogP contribution in [-0.2, 0) is 9.53 Å². The molecule has 8 heteroatoms. The van der Waals surface area contributed by atoms with E-state index in [1.165, 1.54) is 81.1 Å². The van der Waals surface area contributed by atoms with Gasteiger partial charge in [-0.25, -0.2) is 4.99 Å².